The lowest BCUT2D eigenvalue weighted by atomic mass is 10.2. The fraction of sp³-hybridized carbons (Fsp3) is 0.333. The number of nitrogens with one attached hydrogen (secondary N) is 2. The van der Waals surface area contributed by atoms with Crippen LogP contribution >= 0.6 is 0 Å². The molecule has 1 unspecified atom stereocenters. The molecule has 114 valence electrons. The minimum absolute atomic E-state index is 0.0864. The first-order valence-corrected chi connectivity index (χ1v) is 7.71. The number of sulfonamides is 1. The highest BCUT2D eigenvalue weighted by Gasteiger charge is 2.12. The number of anilines is 1. The van der Waals surface area contributed by atoms with Crippen LogP contribution in [0.1, 0.15) is 11.7 Å². The predicted molar refractivity (Wildman–Crippen MR) is 77.1 cm³/mol. The molecule has 0 saturated heterocycles. The summed E-state index contributed by atoms with van der Waals surface area (Å²) < 4.78 is 26.9. The van der Waals surface area contributed by atoms with Gasteiger partial charge in [-0.05, 0) is 19.2 Å². The maximum absolute atomic E-state index is 11.5. The van der Waals surface area contributed by atoms with Gasteiger partial charge >= 0.3 is 0 Å². The number of aliphatic hydroxyl groups excluding tert-OH is 1. The second-order valence-electron chi connectivity index (χ2n) is 4.43. The lowest BCUT2D eigenvalue weighted by molar-refractivity contribution is 0.191. The molecule has 2 heterocycles. The summed E-state index contributed by atoms with van der Waals surface area (Å²) in [6, 6.07) is 2.98. The summed E-state index contributed by atoms with van der Waals surface area (Å²) in [4.78, 5) is 4.09. The predicted octanol–water partition coefficient (Wildman–Crippen LogP) is -0.131. The highest BCUT2D eigenvalue weighted by atomic mass is 32.2. The van der Waals surface area contributed by atoms with Gasteiger partial charge in [-0.3, -0.25) is 4.68 Å². The third kappa shape index (κ3) is 3.78. The van der Waals surface area contributed by atoms with Crippen LogP contribution in [-0.4, -0.2) is 41.9 Å². The Bertz CT molecular complexity index is 696. The van der Waals surface area contributed by atoms with Crippen molar-refractivity contribution >= 4 is 15.8 Å². The zero-order chi connectivity index (χ0) is 15.5. The molecule has 0 saturated carbocycles. The number of aromatic nitrogens is 3. The molecule has 0 amide bonds. The van der Waals surface area contributed by atoms with E-state index < -0.39 is 16.1 Å². The quantitative estimate of drug-likeness (QED) is 0.685. The van der Waals surface area contributed by atoms with E-state index in [4.69, 9.17) is 0 Å². The van der Waals surface area contributed by atoms with Gasteiger partial charge in [0.15, 0.2) is 0 Å². The van der Waals surface area contributed by atoms with E-state index in [0.29, 0.717) is 11.4 Å². The van der Waals surface area contributed by atoms with E-state index in [-0.39, 0.29) is 11.4 Å². The number of hydrogen-bond donors (Lipinski definition) is 3. The van der Waals surface area contributed by atoms with Gasteiger partial charge in [0.2, 0.25) is 10.0 Å². The molecule has 8 nitrogen and oxygen atoms in total. The lowest BCUT2D eigenvalue weighted by Crippen LogP contribution is -2.19. The van der Waals surface area contributed by atoms with Crippen LogP contribution in [0, 0.1) is 0 Å². The van der Waals surface area contributed by atoms with Crippen LogP contribution in [-0.2, 0) is 17.1 Å². The molecule has 0 spiro atoms. The normalized spacial score (nSPS) is 13.1. The standard InChI is InChI=1S/C12H17N5O3S/c1-13-21(19,20)10-3-4-12(14-6-10)15-7-11(18)9-5-16-17(2)8-9/h3-6,8,11,13,18H,7H2,1-2H3,(H,14,15). The molecule has 21 heavy (non-hydrogen) atoms. The molecule has 0 aliphatic carbocycles. The largest absolute Gasteiger partial charge is 0.386 e. The summed E-state index contributed by atoms with van der Waals surface area (Å²) in [5, 5.41) is 16.9. The van der Waals surface area contributed by atoms with Gasteiger partial charge in [0.25, 0.3) is 0 Å². The second-order valence-corrected chi connectivity index (χ2v) is 6.32. The molecule has 0 aliphatic heterocycles. The molecule has 1 atom stereocenters. The van der Waals surface area contributed by atoms with Crippen LogP contribution in [0.15, 0.2) is 35.6 Å². The fourth-order valence-corrected chi connectivity index (χ4v) is 2.37. The van der Waals surface area contributed by atoms with Crippen molar-refractivity contribution in [3.63, 3.8) is 0 Å². The molecular formula is C12H17N5O3S. The van der Waals surface area contributed by atoms with Crippen molar-refractivity contribution in [2.75, 3.05) is 18.9 Å². The monoisotopic (exact) mass is 311 g/mol. The number of aryl methyl sites for hydroxylation is 1. The summed E-state index contributed by atoms with van der Waals surface area (Å²) in [6.07, 6.45) is 3.84. The molecule has 2 aromatic rings. The van der Waals surface area contributed by atoms with Crippen molar-refractivity contribution < 1.29 is 13.5 Å². The third-order valence-corrected chi connectivity index (χ3v) is 4.30. The smallest absolute Gasteiger partial charge is 0.241 e. The van der Waals surface area contributed by atoms with Crippen LogP contribution in [0.5, 0.6) is 0 Å². The number of pyridine rings is 1. The first-order chi connectivity index (χ1) is 9.92. The molecule has 0 aliphatic rings. The summed E-state index contributed by atoms with van der Waals surface area (Å²) >= 11 is 0. The number of hydrogen-bond acceptors (Lipinski definition) is 6. The van der Waals surface area contributed by atoms with Crippen LogP contribution in [0.2, 0.25) is 0 Å². The Balaban J connectivity index is 1.98. The number of rotatable bonds is 6. The molecule has 2 rings (SSSR count). The molecule has 0 fully saturated rings. The number of aliphatic hydroxyl groups is 1. The fourth-order valence-electron chi connectivity index (χ4n) is 1.69. The molecule has 2 aromatic heterocycles. The van der Waals surface area contributed by atoms with Gasteiger partial charge in [0, 0.05) is 31.5 Å². The van der Waals surface area contributed by atoms with E-state index in [1.54, 1.807) is 30.2 Å². The van der Waals surface area contributed by atoms with Crippen molar-refractivity contribution in [2.24, 2.45) is 7.05 Å². The van der Waals surface area contributed by atoms with Gasteiger partial charge in [-0.1, -0.05) is 0 Å². The van der Waals surface area contributed by atoms with Crippen LogP contribution in [0.25, 0.3) is 0 Å². The summed E-state index contributed by atoms with van der Waals surface area (Å²) in [5.74, 6) is 0.480. The van der Waals surface area contributed by atoms with E-state index in [0.717, 1.165) is 0 Å². The topological polar surface area (TPSA) is 109 Å². The van der Waals surface area contributed by atoms with Gasteiger partial charge in [0.05, 0.1) is 12.3 Å². The maximum Gasteiger partial charge on any atom is 0.241 e. The Morgan fingerprint density at radius 1 is 1.38 bits per heavy atom. The third-order valence-electron chi connectivity index (χ3n) is 2.90. The van der Waals surface area contributed by atoms with Crippen molar-refractivity contribution in [3.05, 3.63) is 36.3 Å². The van der Waals surface area contributed by atoms with E-state index in [9.17, 15) is 13.5 Å². The van der Waals surface area contributed by atoms with Crippen LogP contribution in [0.3, 0.4) is 0 Å². The maximum atomic E-state index is 11.5. The Kier molecular flexibility index (Phi) is 4.56. The van der Waals surface area contributed by atoms with E-state index in [1.807, 2.05) is 0 Å². The van der Waals surface area contributed by atoms with Gasteiger partial charge < -0.3 is 10.4 Å². The van der Waals surface area contributed by atoms with E-state index >= 15 is 0 Å². The Morgan fingerprint density at radius 2 is 2.14 bits per heavy atom. The van der Waals surface area contributed by atoms with Crippen LogP contribution in [0.4, 0.5) is 5.82 Å². The van der Waals surface area contributed by atoms with Crippen molar-refractivity contribution in [1.82, 2.24) is 19.5 Å². The number of nitrogens with zero attached hydrogens (tertiary/aromatic N) is 3. The highest BCUT2D eigenvalue weighted by molar-refractivity contribution is 7.89. The zero-order valence-electron chi connectivity index (χ0n) is 11.7. The highest BCUT2D eigenvalue weighted by Crippen LogP contribution is 2.14. The molecule has 3 N–H and O–H groups in total. The minimum Gasteiger partial charge on any atom is -0.386 e. The average molecular weight is 311 g/mol. The summed E-state index contributed by atoms with van der Waals surface area (Å²) in [6.45, 7) is 0.247. The Morgan fingerprint density at radius 3 is 2.67 bits per heavy atom. The van der Waals surface area contributed by atoms with Crippen LogP contribution < -0.4 is 10.0 Å². The van der Waals surface area contributed by atoms with Gasteiger partial charge in [0.1, 0.15) is 10.7 Å². The molecule has 0 bridgehead atoms. The molecule has 9 heteroatoms. The first-order valence-electron chi connectivity index (χ1n) is 6.22. The van der Waals surface area contributed by atoms with Gasteiger partial charge in [-0.25, -0.2) is 18.1 Å². The van der Waals surface area contributed by atoms with Crippen molar-refractivity contribution in [3.8, 4) is 0 Å². The minimum atomic E-state index is -3.49. The first kappa shape index (κ1) is 15.4. The molecular weight excluding hydrogens is 294 g/mol. The SMILES string of the molecule is CNS(=O)(=O)c1ccc(NCC(O)c2cnn(C)c2)nc1. The molecule has 0 radical (unpaired) electrons. The van der Waals surface area contributed by atoms with Gasteiger partial charge in [-0.15, -0.1) is 0 Å². The summed E-state index contributed by atoms with van der Waals surface area (Å²) in [7, 11) is -0.378. The zero-order valence-corrected chi connectivity index (χ0v) is 12.5. The summed E-state index contributed by atoms with van der Waals surface area (Å²) in [5.41, 5.74) is 0.694. The second kappa shape index (κ2) is 6.20. The Hall–Kier alpha value is -1.97. The lowest BCUT2D eigenvalue weighted by Gasteiger charge is -2.11. The Labute approximate surface area is 122 Å². The average Bonchev–Trinajstić information content (AvgIpc) is 2.92. The van der Waals surface area contributed by atoms with E-state index in [2.05, 4.69) is 20.1 Å². The molecule has 0 aromatic carbocycles. The van der Waals surface area contributed by atoms with Crippen molar-refractivity contribution in [2.45, 2.75) is 11.0 Å². The van der Waals surface area contributed by atoms with E-state index in [1.165, 1.54) is 19.3 Å². The van der Waals surface area contributed by atoms with Gasteiger partial charge in [-0.2, -0.15) is 5.10 Å². The van der Waals surface area contributed by atoms with Crippen molar-refractivity contribution in [1.29, 1.82) is 0 Å².